The Balaban J connectivity index is 2.65. The number of carboxylic acid groups (broad SMARTS) is 1. The number of rotatable bonds is 5. The number of nitrogens with zero attached hydrogens (tertiary/aromatic N) is 3. The van der Waals surface area contributed by atoms with E-state index in [-0.39, 0.29) is 12.3 Å². The van der Waals surface area contributed by atoms with Gasteiger partial charge < -0.3 is 14.6 Å². The van der Waals surface area contributed by atoms with Gasteiger partial charge in [0, 0.05) is 23.0 Å². The van der Waals surface area contributed by atoms with E-state index >= 15 is 0 Å². The number of aromatic carboxylic acids is 1. The summed E-state index contributed by atoms with van der Waals surface area (Å²) in [6.45, 7) is 11.0. The molecule has 0 aliphatic heterocycles. The van der Waals surface area contributed by atoms with Gasteiger partial charge in [-0.3, -0.25) is 0 Å². The summed E-state index contributed by atoms with van der Waals surface area (Å²) < 4.78 is 12.5. The first-order chi connectivity index (χ1) is 11.5. The fraction of sp³-hybridized carbons (Fsp3) is 0.529. The molecular formula is C17H23N3O5. The molecule has 8 heteroatoms. The van der Waals surface area contributed by atoms with Crippen molar-refractivity contribution in [1.29, 1.82) is 0 Å². The molecule has 0 aromatic carbocycles. The maximum Gasteiger partial charge on any atom is 0.356 e. The van der Waals surface area contributed by atoms with Crippen LogP contribution in [0.2, 0.25) is 0 Å². The number of aromatic nitrogens is 3. The zero-order valence-electron chi connectivity index (χ0n) is 15.3. The minimum atomic E-state index is -1.14. The highest BCUT2D eigenvalue weighted by Crippen LogP contribution is 2.30. The number of carbonyl (C=O) groups excluding carboxylic acids is 1. The number of ether oxygens (including phenoxy) is 2. The van der Waals surface area contributed by atoms with E-state index in [9.17, 15) is 9.59 Å². The van der Waals surface area contributed by atoms with Crippen LogP contribution in [0.4, 0.5) is 0 Å². The Morgan fingerprint density at radius 3 is 2.48 bits per heavy atom. The predicted molar refractivity (Wildman–Crippen MR) is 89.6 cm³/mol. The van der Waals surface area contributed by atoms with Crippen molar-refractivity contribution < 1.29 is 24.2 Å². The van der Waals surface area contributed by atoms with Gasteiger partial charge in [0.25, 0.3) is 0 Å². The van der Waals surface area contributed by atoms with Crippen molar-refractivity contribution in [1.82, 2.24) is 14.6 Å². The Hall–Kier alpha value is -2.48. The molecule has 1 unspecified atom stereocenters. The highest BCUT2D eigenvalue weighted by Gasteiger charge is 2.32. The number of aryl methyl sites for hydroxylation is 2. The fourth-order valence-corrected chi connectivity index (χ4v) is 2.59. The van der Waals surface area contributed by atoms with E-state index in [4.69, 9.17) is 14.6 Å². The van der Waals surface area contributed by atoms with Crippen LogP contribution in [-0.4, -0.2) is 43.9 Å². The van der Waals surface area contributed by atoms with Crippen molar-refractivity contribution in [2.45, 2.75) is 53.2 Å². The average molecular weight is 349 g/mol. The summed E-state index contributed by atoms with van der Waals surface area (Å²) in [5.74, 6) is -1.66. The van der Waals surface area contributed by atoms with Crippen molar-refractivity contribution in [2.24, 2.45) is 0 Å². The summed E-state index contributed by atoms with van der Waals surface area (Å²) in [4.78, 5) is 28.0. The van der Waals surface area contributed by atoms with Gasteiger partial charge >= 0.3 is 11.9 Å². The lowest BCUT2D eigenvalue weighted by atomic mass is 10.0. The van der Waals surface area contributed by atoms with Gasteiger partial charge in [-0.1, -0.05) is 0 Å². The van der Waals surface area contributed by atoms with Crippen LogP contribution in [0, 0.1) is 13.8 Å². The average Bonchev–Trinajstić information content (AvgIpc) is 2.89. The van der Waals surface area contributed by atoms with Crippen LogP contribution in [0.1, 0.15) is 61.2 Å². The minimum Gasteiger partial charge on any atom is -0.476 e. The van der Waals surface area contributed by atoms with E-state index in [1.165, 1.54) is 10.6 Å². The van der Waals surface area contributed by atoms with E-state index in [0.717, 1.165) is 0 Å². The van der Waals surface area contributed by atoms with E-state index in [1.807, 2.05) is 20.8 Å². The number of hydrogen-bond acceptors (Lipinski definition) is 6. The quantitative estimate of drug-likeness (QED) is 0.827. The molecule has 0 saturated carbocycles. The summed E-state index contributed by atoms with van der Waals surface area (Å²) in [7, 11) is 0. The van der Waals surface area contributed by atoms with E-state index in [1.54, 1.807) is 20.8 Å². The summed E-state index contributed by atoms with van der Waals surface area (Å²) >= 11 is 0. The van der Waals surface area contributed by atoms with Gasteiger partial charge in [-0.25, -0.2) is 19.1 Å². The molecule has 25 heavy (non-hydrogen) atoms. The van der Waals surface area contributed by atoms with Crippen LogP contribution in [0.5, 0.6) is 0 Å². The first kappa shape index (κ1) is 18.9. The van der Waals surface area contributed by atoms with Crippen molar-refractivity contribution in [2.75, 3.05) is 6.61 Å². The first-order valence-electron chi connectivity index (χ1n) is 7.99. The zero-order valence-corrected chi connectivity index (χ0v) is 15.3. The Kier molecular flexibility index (Phi) is 5.12. The van der Waals surface area contributed by atoms with E-state index in [0.29, 0.717) is 22.6 Å². The Labute approximate surface area is 145 Å². The number of esters is 1. The number of fused-ring (bicyclic) bond motifs is 1. The lowest BCUT2D eigenvalue weighted by Crippen LogP contribution is -2.30. The largest absolute Gasteiger partial charge is 0.476 e. The third kappa shape index (κ3) is 3.96. The fourth-order valence-electron chi connectivity index (χ4n) is 2.59. The molecule has 0 fully saturated rings. The topological polar surface area (TPSA) is 103 Å². The van der Waals surface area contributed by atoms with Gasteiger partial charge in [0.05, 0.1) is 12.2 Å². The second kappa shape index (κ2) is 6.79. The van der Waals surface area contributed by atoms with Gasteiger partial charge in [0.15, 0.2) is 17.4 Å². The van der Waals surface area contributed by atoms with Crippen molar-refractivity contribution in [3.05, 3.63) is 28.7 Å². The Morgan fingerprint density at radius 2 is 1.96 bits per heavy atom. The van der Waals surface area contributed by atoms with Crippen LogP contribution in [0.3, 0.4) is 0 Å². The number of hydrogen-bond donors (Lipinski definition) is 1. The number of carbonyl (C=O) groups is 2. The van der Waals surface area contributed by atoms with Gasteiger partial charge in [0.2, 0.25) is 0 Å². The van der Waals surface area contributed by atoms with E-state index in [2.05, 4.69) is 10.1 Å². The third-order valence-electron chi connectivity index (χ3n) is 3.52. The second-order valence-electron chi connectivity index (χ2n) is 6.66. The van der Waals surface area contributed by atoms with Crippen LogP contribution >= 0.6 is 0 Å². The van der Waals surface area contributed by atoms with E-state index < -0.39 is 23.6 Å². The lowest BCUT2D eigenvalue weighted by molar-refractivity contribution is -0.167. The zero-order chi connectivity index (χ0) is 18.9. The predicted octanol–water partition coefficient (Wildman–Crippen LogP) is 2.46. The smallest absolute Gasteiger partial charge is 0.356 e. The molecule has 0 bridgehead atoms. The second-order valence-corrected chi connectivity index (χ2v) is 6.66. The first-order valence-corrected chi connectivity index (χ1v) is 7.99. The maximum atomic E-state index is 12.5. The molecule has 0 spiro atoms. The highest BCUT2D eigenvalue weighted by molar-refractivity contribution is 5.86. The van der Waals surface area contributed by atoms with Gasteiger partial charge in [-0.15, -0.1) is 0 Å². The molecule has 0 aliphatic carbocycles. The SMILES string of the molecule is CCOC(=O)C(OC(C)(C)C)c1c(C)nc2cc(C(=O)O)nn2c1C. The summed E-state index contributed by atoms with van der Waals surface area (Å²) in [6, 6.07) is 1.39. The molecule has 0 radical (unpaired) electrons. The monoisotopic (exact) mass is 349 g/mol. The molecule has 2 heterocycles. The molecule has 8 nitrogen and oxygen atoms in total. The molecule has 1 N–H and O–H groups in total. The molecule has 1 atom stereocenters. The van der Waals surface area contributed by atoms with Crippen LogP contribution in [0.15, 0.2) is 6.07 Å². The third-order valence-corrected chi connectivity index (χ3v) is 3.52. The van der Waals surface area contributed by atoms with Crippen molar-refractivity contribution in [3.63, 3.8) is 0 Å². The van der Waals surface area contributed by atoms with Crippen LogP contribution in [-0.2, 0) is 14.3 Å². The number of carboxylic acids is 1. The van der Waals surface area contributed by atoms with Crippen LogP contribution < -0.4 is 0 Å². The van der Waals surface area contributed by atoms with Gasteiger partial charge in [-0.2, -0.15) is 5.10 Å². The molecule has 136 valence electrons. The molecule has 2 aromatic rings. The molecule has 0 saturated heterocycles. The molecular weight excluding hydrogens is 326 g/mol. The maximum absolute atomic E-state index is 12.5. The molecule has 0 aliphatic rings. The van der Waals surface area contributed by atoms with Crippen LogP contribution in [0.25, 0.3) is 5.65 Å². The van der Waals surface area contributed by atoms with Gasteiger partial charge in [0.1, 0.15) is 0 Å². The van der Waals surface area contributed by atoms with Gasteiger partial charge in [-0.05, 0) is 41.5 Å². The molecule has 2 aromatic heterocycles. The minimum absolute atomic E-state index is 0.114. The summed E-state index contributed by atoms with van der Waals surface area (Å²) in [6.07, 6.45) is -0.977. The Morgan fingerprint density at radius 1 is 1.32 bits per heavy atom. The Bertz CT molecular complexity index is 820. The van der Waals surface area contributed by atoms with Crippen molar-refractivity contribution >= 4 is 17.6 Å². The highest BCUT2D eigenvalue weighted by atomic mass is 16.6. The van der Waals surface area contributed by atoms with Crippen molar-refractivity contribution in [3.8, 4) is 0 Å². The standard InChI is InChI=1S/C17H23N3O5/c1-7-24-16(23)14(25-17(4,5)6)13-9(2)18-12-8-11(15(21)22)19-20(12)10(13)3/h8,14H,7H2,1-6H3,(H,21,22). The summed E-state index contributed by atoms with van der Waals surface area (Å²) in [5, 5.41) is 13.2. The summed E-state index contributed by atoms with van der Waals surface area (Å²) in [5.41, 5.74) is 1.36. The normalized spacial score (nSPS) is 13.0. The molecule has 0 amide bonds. The lowest BCUT2D eigenvalue weighted by Gasteiger charge is -2.28. The molecule has 2 rings (SSSR count).